The molecule has 0 heterocycles. The lowest BCUT2D eigenvalue weighted by molar-refractivity contribution is 0.397. The van der Waals surface area contributed by atoms with Gasteiger partial charge in [-0.05, 0) is 74.2 Å². The highest BCUT2D eigenvalue weighted by Gasteiger charge is 2.18. The summed E-state index contributed by atoms with van der Waals surface area (Å²) < 4.78 is 10.9. The highest BCUT2D eigenvalue weighted by atomic mass is 16.5. The van der Waals surface area contributed by atoms with E-state index in [4.69, 9.17) is 15.2 Å². The lowest BCUT2D eigenvalue weighted by atomic mass is 9.85. The van der Waals surface area contributed by atoms with E-state index in [0.717, 1.165) is 23.5 Å². The SMILES string of the molecule is COc1ccc(OC)c(CC(CN)c2c(C)cc(C)cc2C)c1. The Hall–Kier alpha value is -2.00. The van der Waals surface area contributed by atoms with Gasteiger partial charge >= 0.3 is 0 Å². The van der Waals surface area contributed by atoms with E-state index in [-0.39, 0.29) is 5.92 Å². The van der Waals surface area contributed by atoms with Crippen LogP contribution in [0.2, 0.25) is 0 Å². The van der Waals surface area contributed by atoms with Gasteiger partial charge in [0.2, 0.25) is 0 Å². The predicted octanol–water partition coefficient (Wildman–Crippen LogP) is 3.91. The van der Waals surface area contributed by atoms with Gasteiger partial charge in [0.05, 0.1) is 14.2 Å². The molecule has 0 aliphatic heterocycles. The standard InChI is InChI=1S/C20H27NO2/c1-13-8-14(2)20(15(3)9-13)17(12-21)10-16-11-18(22-4)6-7-19(16)23-5/h6-9,11,17H,10,12,21H2,1-5H3. The Bertz CT molecular complexity index is 656. The number of hydrogen-bond acceptors (Lipinski definition) is 3. The molecule has 2 aromatic carbocycles. The van der Waals surface area contributed by atoms with E-state index < -0.39 is 0 Å². The number of rotatable bonds is 6. The van der Waals surface area contributed by atoms with Crippen molar-refractivity contribution >= 4 is 0 Å². The molecule has 23 heavy (non-hydrogen) atoms. The van der Waals surface area contributed by atoms with E-state index >= 15 is 0 Å². The monoisotopic (exact) mass is 313 g/mol. The van der Waals surface area contributed by atoms with Crippen molar-refractivity contribution in [2.75, 3.05) is 20.8 Å². The molecule has 3 nitrogen and oxygen atoms in total. The van der Waals surface area contributed by atoms with Crippen LogP contribution in [-0.4, -0.2) is 20.8 Å². The van der Waals surface area contributed by atoms with Crippen LogP contribution in [0.25, 0.3) is 0 Å². The van der Waals surface area contributed by atoms with Gasteiger partial charge in [0.15, 0.2) is 0 Å². The number of aryl methyl sites for hydroxylation is 3. The van der Waals surface area contributed by atoms with Crippen LogP contribution in [0.3, 0.4) is 0 Å². The molecule has 2 N–H and O–H groups in total. The Morgan fingerprint density at radius 1 is 0.957 bits per heavy atom. The lowest BCUT2D eigenvalue weighted by Gasteiger charge is -2.22. The molecule has 0 radical (unpaired) electrons. The van der Waals surface area contributed by atoms with Gasteiger partial charge in [-0.25, -0.2) is 0 Å². The minimum atomic E-state index is 0.261. The first-order chi connectivity index (χ1) is 11.0. The van der Waals surface area contributed by atoms with Crippen LogP contribution in [0, 0.1) is 20.8 Å². The zero-order valence-corrected chi connectivity index (χ0v) is 14.8. The van der Waals surface area contributed by atoms with Crippen LogP contribution in [0.15, 0.2) is 30.3 Å². The Morgan fingerprint density at radius 3 is 2.13 bits per heavy atom. The molecule has 0 aliphatic rings. The van der Waals surface area contributed by atoms with Crippen LogP contribution in [0.4, 0.5) is 0 Å². The normalized spacial score (nSPS) is 12.1. The number of benzene rings is 2. The quantitative estimate of drug-likeness (QED) is 0.879. The van der Waals surface area contributed by atoms with Gasteiger partial charge in [-0.1, -0.05) is 17.7 Å². The fraction of sp³-hybridized carbons (Fsp3) is 0.400. The largest absolute Gasteiger partial charge is 0.497 e. The third kappa shape index (κ3) is 3.85. The zero-order chi connectivity index (χ0) is 17.0. The first-order valence-electron chi connectivity index (χ1n) is 7.98. The van der Waals surface area contributed by atoms with Crippen LogP contribution >= 0.6 is 0 Å². The number of nitrogens with two attached hydrogens (primary N) is 1. The second-order valence-electron chi connectivity index (χ2n) is 6.13. The molecule has 0 aromatic heterocycles. The second-order valence-corrected chi connectivity index (χ2v) is 6.13. The van der Waals surface area contributed by atoms with Gasteiger partial charge in [0, 0.05) is 5.92 Å². The summed E-state index contributed by atoms with van der Waals surface area (Å²) in [5.74, 6) is 1.98. The summed E-state index contributed by atoms with van der Waals surface area (Å²) in [4.78, 5) is 0. The van der Waals surface area contributed by atoms with Crippen LogP contribution in [0.1, 0.15) is 33.7 Å². The summed E-state index contributed by atoms with van der Waals surface area (Å²) in [6.45, 7) is 7.07. The van der Waals surface area contributed by atoms with Crippen LogP contribution in [0.5, 0.6) is 11.5 Å². The van der Waals surface area contributed by atoms with Crippen molar-refractivity contribution in [3.63, 3.8) is 0 Å². The molecule has 0 fully saturated rings. The maximum Gasteiger partial charge on any atom is 0.122 e. The number of hydrogen-bond donors (Lipinski definition) is 1. The van der Waals surface area contributed by atoms with Gasteiger partial charge in [-0.3, -0.25) is 0 Å². The van der Waals surface area contributed by atoms with Gasteiger partial charge in [0.1, 0.15) is 11.5 Å². The first kappa shape index (κ1) is 17.4. The molecule has 0 bridgehead atoms. The third-order valence-electron chi connectivity index (χ3n) is 4.38. The van der Waals surface area contributed by atoms with Crippen molar-refractivity contribution in [3.8, 4) is 11.5 Å². The Kier molecular flexibility index (Phi) is 5.67. The summed E-state index contributed by atoms with van der Waals surface area (Å²) in [7, 11) is 3.38. The number of methoxy groups -OCH3 is 2. The van der Waals surface area contributed by atoms with Crippen molar-refractivity contribution in [1.82, 2.24) is 0 Å². The smallest absolute Gasteiger partial charge is 0.122 e. The Labute approximate surface area is 139 Å². The maximum absolute atomic E-state index is 6.12. The maximum atomic E-state index is 6.12. The molecule has 1 atom stereocenters. The van der Waals surface area contributed by atoms with E-state index in [1.165, 1.54) is 22.3 Å². The minimum Gasteiger partial charge on any atom is -0.497 e. The highest BCUT2D eigenvalue weighted by molar-refractivity contribution is 5.44. The summed E-state index contributed by atoms with van der Waals surface area (Å²) in [6.07, 6.45) is 0.835. The van der Waals surface area contributed by atoms with Gasteiger partial charge in [0.25, 0.3) is 0 Å². The van der Waals surface area contributed by atoms with Gasteiger partial charge < -0.3 is 15.2 Å². The molecule has 0 saturated carbocycles. The van der Waals surface area contributed by atoms with Crippen molar-refractivity contribution in [3.05, 3.63) is 58.1 Å². The van der Waals surface area contributed by atoms with Crippen molar-refractivity contribution in [2.45, 2.75) is 33.1 Å². The summed E-state index contributed by atoms with van der Waals surface area (Å²) in [5.41, 5.74) is 12.5. The summed E-state index contributed by atoms with van der Waals surface area (Å²) in [6, 6.07) is 10.4. The highest BCUT2D eigenvalue weighted by Crippen LogP contribution is 2.32. The van der Waals surface area contributed by atoms with Crippen molar-refractivity contribution in [2.24, 2.45) is 5.73 Å². The minimum absolute atomic E-state index is 0.261. The molecule has 3 heteroatoms. The summed E-state index contributed by atoms with van der Waals surface area (Å²) >= 11 is 0. The lowest BCUT2D eigenvalue weighted by Crippen LogP contribution is -2.18. The molecular weight excluding hydrogens is 286 g/mol. The Balaban J connectivity index is 2.41. The molecular formula is C20H27NO2. The first-order valence-corrected chi connectivity index (χ1v) is 7.98. The second kappa shape index (κ2) is 7.51. The van der Waals surface area contributed by atoms with E-state index in [9.17, 15) is 0 Å². The molecule has 0 saturated heterocycles. The van der Waals surface area contributed by atoms with Gasteiger partial charge in [-0.2, -0.15) is 0 Å². The fourth-order valence-corrected chi connectivity index (χ4v) is 3.45. The average molecular weight is 313 g/mol. The third-order valence-corrected chi connectivity index (χ3v) is 4.38. The summed E-state index contributed by atoms with van der Waals surface area (Å²) in [5, 5.41) is 0. The molecule has 0 amide bonds. The fourth-order valence-electron chi connectivity index (χ4n) is 3.45. The molecule has 1 unspecified atom stereocenters. The van der Waals surface area contributed by atoms with E-state index in [1.807, 2.05) is 18.2 Å². The zero-order valence-electron chi connectivity index (χ0n) is 14.8. The van der Waals surface area contributed by atoms with Crippen LogP contribution in [-0.2, 0) is 6.42 Å². The van der Waals surface area contributed by atoms with Gasteiger partial charge in [-0.15, -0.1) is 0 Å². The van der Waals surface area contributed by atoms with Crippen LogP contribution < -0.4 is 15.2 Å². The van der Waals surface area contributed by atoms with E-state index in [0.29, 0.717) is 6.54 Å². The predicted molar refractivity (Wildman–Crippen MR) is 95.7 cm³/mol. The Morgan fingerprint density at radius 2 is 1.61 bits per heavy atom. The molecule has 0 spiro atoms. The molecule has 2 rings (SSSR count). The molecule has 2 aromatic rings. The topological polar surface area (TPSA) is 44.5 Å². The average Bonchev–Trinajstić information content (AvgIpc) is 2.52. The van der Waals surface area contributed by atoms with E-state index in [2.05, 4.69) is 32.9 Å². The van der Waals surface area contributed by atoms with Crippen molar-refractivity contribution in [1.29, 1.82) is 0 Å². The molecule has 124 valence electrons. The number of ether oxygens (including phenoxy) is 2. The van der Waals surface area contributed by atoms with E-state index in [1.54, 1.807) is 14.2 Å². The molecule has 0 aliphatic carbocycles. The van der Waals surface area contributed by atoms with Crippen molar-refractivity contribution < 1.29 is 9.47 Å².